The summed E-state index contributed by atoms with van der Waals surface area (Å²) in [4.78, 5) is 12.0. The normalized spacial score (nSPS) is 27.4. The first-order valence-electron chi connectivity index (χ1n) is 7.58. The average Bonchev–Trinajstić information content (AvgIpc) is 2.38. The Morgan fingerprint density at radius 3 is 2.47 bits per heavy atom. The average molecular weight is 289 g/mol. The number of hydrogen-bond acceptors (Lipinski definition) is 2. The number of rotatable bonds is 3. The minimum atomic E-state index is 0. The molecule has 0 unspecified atom stereocenters. The van der Waals surface area contributed by atoms with Crippen LogP contribution in [-0.2, 0) is 4.79 Å². The van der Waals surface area contributed by atoms with Gasteiger partial charge in [0.25, 0.3) is 0 Å². The molecule has 1 aliphatic carbocycles. The molecule has 0 aromatic heterocycles. The van der Waals surface area contributed by atoms with Gasteiger partial charge in [0.2, 0.25) is 5.91 Å². The monoisotopic (exact) mass is 288 g/mol. The third kappa shape index (κ3) is 5.31. The van der Waals surface area contributed by atoms with E-state index >= 15 is 0 Å². The van der Waals surface area contributed by atoms with Gasteiger partial charge in [0.15, 0.2) is 0 Å². The van der Waals surface area contributed by atoms with Gasteiger partial charge in [-0.3, -0.25) is 4.79 Å². The number of hydrogen-bond donors (Lipinski definition) is 2. The Morgan fingerprint density at radius 1 is 1.21 bits per heavy atom. The highest BCUT2D eigenvalue weighted by molar-refractivity contribution is 5.85. The van der Waals surface area contributed by atoms with E-state index in [4.69, 9.17) is 0 Å². The molecule has 2 fully saturated rings. The van der Waals surface area contributed by atoms with Crippen LogP contribution in [0.25, 0.3) is 0 Å². The Bertz CT molecular complexity index is 278. The maximum atomic E-state index is 12.0. The van der Waals surface area contributed by atoms with E-state index in [-0.39, 0.29) is 24.4 Å². The van der Waals surface area contributed by atoms with Crippen LogP contribution in [0.2, 0.25) is 0 Å². The zero-order chi connectivity index (χ0) is 13.0. The van der Waals surface area contributed by atoms with Gasteiger partial charge >= 0.3 is 0 Å². The number of halogens is 1. The standard InChI is InChI=1S/C15H28N2O.ClH/c1-15(2)8-6-12(7-9-15)11-17-14(18)13-5-3-4-10-16-13;/h12-13,16H,3-11H2,1-2H3,(H,17,18);1H/t13-;/m0./s1. The smallest absolute Gasteiger partial charge is 0.237 e. The number of piperidine rings is 1. The van der Waals surface area contributed by atoms with Crippen molar-refractivity contribution in [2.75, 3.05) is 13.1 Å². The van der Waals surface area contributed by atoms with E-state index < -0.39 is 0 Å². The van der Waals surface area contributed by atoms with Gasteiger partial charge in [-0.15, -0.1) is 12.4 Å². The van der Waals surface area contributed by atoms with Crippen molar-refractivity contribution in [2.45, 2.75) is 64.8 Å². The Morgan fingerprint density at radius 2 is 1.89 bits per heavy atom. The molecule has 112 valence electrons. The van der Waals surface area contributed by atoms with Crippen molar-refractivity contribution in [3.05, 3.63) is 0 Å². The van der Waals surface area contributed by atoms with Crippen LogP contribution in [0.15, 0.2) is 0 Å². The predicted octanol–water partition coefficient (Wildman–Crippen LogP) is 2.88. The van der Waals surface area contributed by atoms with Gasteiger partial charge in [-0.2, -0.15) is 0 Å². The second-order valence-electron chi connectivity index (χ2n) is 6.86. The molecule has 3 nitrogen and oxygen atoms in total. The van der Waals surface area contributed by atoms with Crippen molar-refractivity contribution in [3.8, 4) is 0 Å². The molecule has 1 amide bonds. The fraction of sp³-hybridized carbons (Fsp3) is 0.933. The highest BCUT2D eigenvalue weighted by Gasteiger charge is 2.27. The molecule has 0 aromatic rings. The molecule has 0 radical (unpaired) electrons. The number of nitrogens with one attached hydrogen (secondary N) is 2. The molecule has 2 rings (SSSR count). The summed E-state index contributed by atoms with van der Waals surface area (Å²) >= 11 is 0. The van der Waals surface area contributed by atoms with Crippen molar-refractivity contribution in [3.63, 3.8) is 0 Å². The van der Waals surface area contributed by atoms with Gasteiger partial charge < -0.3 is 10.6 Å². The molecule has 0 aromatic carbocycles. The second-order valence-corrected chi connectivity index (χ2v) is 6.86. The van der Waals surface area contributed by atoms with Gasteiger partial charge in [-0.25, -0.2) is 0 Å². The summed E-state index contributed by atoms with van der Waals surface area (Å²) < 4.78 is 0. The fourth-order valence-electron chi connectivity index (χ4n) is 3.11. The van der Waals surface area contributed by atoms with Crippen LogP contribution in [-0.4, -0.2) is 25.0 Å². The molecule has 1 saturated heterocycles. The topological polar surface area (TPSA) is 41.1 Å². The minimum absolute atomic E-state index is 0. The van der Waals surface area contributed by atoms with Crippen LogP contribution in [0.5, 0.6) is 0 Å². The molecule has 0 spiro atoms. The molecule has 0 bridgehead atoms. The quantitative estimate of drug-likeness (QED) is 0.838. The first-order chi connectivity index (χ1) is 8.57. The molecular weight excluding hydrogens is 260 g/mol. The summed E-state index contributed by atoms with van der Waals surface area (Å²) in [5.41, 5.74) is 0.519. The molecule has 2 aliphatic rings. The molecule has 4 heteroatoms. The van der Waals surface area contributed by atoms with Crippen LogP contribution >= 0.6 is 12.4 Å². The molecule has 19 heavy (non-hydrogen) atoms. The number of amides is 1. The molecular formula is C15H29ClN2O. The summed E-state index contributed by atoms with van der Waals surface area (Å²) in [6, 6.07) is 0.0683. The fourth-order valence-corrected chi connectivity index (χ4v) is 3.11. The largest absolute Gasteiger partial charge is 0.354 e. The Labute approximate surface area is 123 Å². The lowest BCUT2D eigenvalue weighted by Crippen LogP contribution is -2.47. The van der Waals surface area contributed by atoms with Crippen molar-refractivity contribution in [1.29, 1.82) is 0 Å². The molecule has 2 N–H and O–H groups in total. The van der Waals surface area contributed by atoms with Crippen LogP contribution < -0.4 is 10.6 Å². The Hall–Kier alpha value is -0.280. The van der Waals surface area contributed by atoms with Crippen molar-refractivity contribution in [2.24, 2.45) is 11.3 Å². The zero-order valence-corrected chi connectivity index (χ0v) is 13.2. The zero-order valence-electron chi connectivity index (χ0n) is 12.3. The van der Waals surface area contributed by atoms with Gasteiger partial charge in [0.1, 0.15) is 0 Å². The van der Waals surface area contributed by atoms with Gasteiger partial charge in [-0.1, -0.05) is 20.3 Å². The van der Waals surface area contributed by atoms with E-state index in [1.165, 1.54) is 38.5 Å². The van der Waals surface area contributed by atoms with Crippen LogP contribution in [0, 0.1) is 11.3 Å². The van der Waals surface area contributed by atoms with Gasteiger partial charge in [0.05, 0.1) is 6.04 Å². The van der Waals surface area contributed by atoms with E-state index in [1.54, 1.807) is 0 Å². The maximum absolute atomic E-state index is 12.0. The molecule has 1 heterocycles. The molecule has 1 aliphatic heterocycles. The third-order valence-corrected chi connectivity index (χ3v) is 4.65. The van der Waals surface area contributed by atoms with Crippen LogP contribution in [0.4, 0.5) is 0 Å². The van der Waals surface area contributed by atoms with E-state index in [2.05, 4.69) is 24.5 Å². The van der Waals surface area contributed by atoms with Gasteiger partial charge in [0, 0.05) is 6.54 Å². The summed E-state index contributed by atoms with van der Waals surface area (Å²) in [6.45, 7) is 6.59. The van der Waals surface area contributed by atoms with E-state index in [9.17, 15) is 4.79 Å². The maximum Gasteiger partial charge on any atom is 0.237 e. The third-order valence-electron chi connectivity index (χ3n) is 4.65. The lowest BCUT2D eigenvalue weighted by molar-refractivity contribution is -0.123. The first-order valence-corrected chi connectivity index (χ1v) is 7.58. The SMILES string of the molecule is CC1(C)CCC(CNC(=O)[C@@H]2CCCCN2)CC1.Cl. The van der Waals surface area contributed by atoms with Crippen molar-refractivity contribution < 1.29 is 4.79 Å². The van der Waals surface area contributed by atoms with Crippen LogP contribution in [0.3, 0.4) is 0 Å². The highest BCUT2D eigenvalue weighted by Crippen LogP contribution is 2.37. The van der Waals surface area contributed by atoms with Crippen molar-refractivity contribution in [1.82, 2.24) is 10.6 Å². The Balaban J connectivity index is 0.00000180. The van der Waals surface area contributed by atoms with E-state index in [0.717, 1.165) is 19.5 Å². The first kappa shape index (κ1) is 16.8. The minimum Gasteiger partial charge on any atom is -0.354 e. The molecule has 1 saturated carbocycles. The van der Waals surface area contributed by atoms with Crippen molar-refractivity contribution >= 4 is 18.3 Å². The number of carbonyl (C=O) groups excluding carboxylic acids is 1. The summed E-state index contributed by atoms with van der Waals surface area (Å²) in [6.07, 6.45) is 8.54. The highest BCUT2D eigenvalue weighted by atomic mass is 35.5. The lowest BCUT2D eigenvalue weighted by Gasteiger charge is -2.34. The van der Waals surface area contributed by atoms with Gasteiger partial charge in [-0.05, 0) is 56.4 Å². The predicted molar refractivity (Wildman–Crippen MR) is 81.6 cm³/mol. The summed E-state index contributed by atoms with van der Waals surface area (Å²) in [5.74, 6) is 0.921. The summed E-state index contributed by atoms with van der Waals surface area (Å²) in [5, 5.41) is 6.46. The summed E-state index contributed by atoms with van der Waals surface area (Å²) in [7, 11) is 0. The Kier molecular flexibility index (Phi) is 6.61. The number of carbonyl (C=O) groups is 1. The van der Waals surface area contributed by atoms with E-state index in [1.807, 2.05) is 0 Å². The van der Waals surface area contributed by atoms with Crippen LogP contribution in [0.1, 0.15) is 58.8 Å². The lowest BCUT2D eigenvalue weighted by atomic mass is 9.73. The second kappa shape index (κ2) is 7.49. The van der Waals surface area contributed by atoms with E-state index in [0.29, 0.717) is 11.3 Å². The molecule has 1 atom stereocenters.